The van der Waals surface area contributed by atoms with Crippen molar-refractivity contribution >= 4 is 23.6 Å². The third-order valence-corrected chi connectivity index (χ3v) is 6.81. The fraction of sp³-hybridized carbons (Fsp3) is 0.520. The second-order valence-electron chi connectivity index (χ2n) is 8.77. The summed E-state index contributed by atoms with van der Waals surface area (Å²) in [6, 6.07) is 7.61. The van der Waals surface area contributed by atoms with E-state index in [4.69, 9.17) is 4.74 Å². The molecular formula is C25H29NO5. The highest BCUT2D eigenvalue weighted by molar-refractivity contribution is 6.05. The van der Waals surface area contributed by atoms with Gasteiger partial charge in [0.15, 0.2) is 12.4 Å². The first-order valence-electron chi connectivity index (χ1n) is 11.3. The van der Waals surface area contributed by atoms with Gasteiger partial charge in [-0.15, -0.1) is 0 Å². The number of esters is 1. The second kappa shape index (κ2) is 9.58. The van der Waals surface area contributed by atoms with E-state index in [2.05, 4.69) is 0 Å². The van der Waals surface area contributed by atoms with E-state index in [9.17, 15) is 19.2 Å². The first-order chi connectivity index (χ1) is 15.0. The van der Waals surface area contributed by atoms with Crippen LogP contribution in [0.5, 0.6) is 0 Å². The molecule has 2 amide bonds. The van der Waals surface area contributed by atoms with Crippen LogP contribution in [0.1, 0.15) is 73.2 Å². The molecule has 2 atom stereocenters. The molecule has 1 aromatic carbocycles. The number of rotatable bonds is 7. The van der Waals surface area contributed by atoms with Crippen molar-refractivity contribution in [3.8, 4) is 0 Å². The van der Waals surface area contributed by atoms with Crippen LogP contribution in [0, 0.1) is 11.8 Å². The number of carbonyl (C=O) groups is 4. The highest BCUT2D eigenvalue weighted by atomic mass is 16.5. The molecule has 1 saturated heterocycles. The number of amides is 2. The van der Waals surface area contributed by atoms with E-state index >= 15 is 0 Å². The van der Waals surface area contributed by atoms with Crippen molar-refractivity contribution in [1.29, 1.82) is 0 Å². The van der Waals surface area contributed by atoms with E-state index in [0.29, 0.717) is 24.3 Å². The predicted octanol–water partition coefficient (Wildman–Crippen LogP) is 3.80. The Kier molecular flexibility index (Phi) is 6.64. The minimum Gasteiger partial charge on any atom is -0.457 e. The van der Waals surface area contributed by atoms with Crippen molar-refractivity contribution < 1.29 is 23.9 Å². The number of hydrogen-bond donors (Lipinski definition) is 0. The van der Waals surface area contributed by atoms with Crippen LogP contribution in [-0.2, 0) is 19.1 Å². The maximum atomic E-state index is 12.4. The normalized spacial score (nSPS) is 23.7. The Labute approximate surface area is 182 Å². The fourth-order valence-electron chi connectivity index (χ4n) is 4.97. The monoisotopic (exact) mass is 423 g/mol. The van der Waals surface area contributed by atoms with Gasteiger partial charge in [-0.3, -0.25) is 24.1 Å². The summed E-state index contributed by atoms with van der Waals surface area (Å²) in [5, 5.41) is 0. The lowest BCUT2D eigenvalue weighted by molar-refractivity contribution is -0.145. The quantitative estimate of drug-likeness (QED) is 0.288. The smallest absolute Gasteiger partial charge is 0.308 e. The number of benzene rings is 1. The Morgan fingerprint density at radius 1 is 0.903 bits per heavy atom. The van der Waals surface area contributed by atoms with Gasteiger partial charge in [-0.25, -0.2) is 0 Å². The van der Waals surface area contributed by atoms with Gasteiger partial charge in [-0.1, -0.05) is 55.7 Å². The molecule has 3 aliphatic rings. The first-order valence-corrected chi connectivity index (χ1v) is 11.3. The van der Waals surface area contributed by atoms with Crippen LogP contribution in [0.25, 0.3) is 0 Å². The zero-order chi connectivity index (χ0) is 21.8. The number of ketones is 1. The summed E-state index contributed by atoms with van der Waals surface area (Å²) in [4.78, 5) is 50.5. The maximum absolute atomic E-state index is 12.4. The minimum absolute atomic E-state index is 0.00771. The average molecular weight is 424 g/mol. The highest BCUT2D eigenvalue weighted by Gasteiger charge is 2.46. The van der Waals surface area contributed by atoms with Gasteiger partial charge in [-0.2, -0.15) is 0 Å². The molecule has 0 aromatic heterocycles. The molecular weight excluding hydrogens is 394 g/mol. The number of ether oxygens (including phenoxy) is 1. The van der Waals surface area contributed by atoms with Crippen molar-refractivity contribution in [2.75, 3.05) is 13.2 Å². The molecule has 0 N–H and O–H groups in total. The van der Waals surface area contributed by atoms with Gasteiger partial charge < -0.3 is 4.74 Å². The number of fused-ring (bicyclic) bond motifs is 1. The maximum Gasteiger partial charge on any atom is 0.308 e. The van der Waals surface area contributed by atoms with Crippen LogP contribution in [-0.4, -0.2) is 41.6 Å². The standard InChI is InChI=1S/C25H29NO5/c27-22(19-12-10-18(11-13-19)17-6-2-1-3-7-17)16-31-23(28)14-15-26-24(29)20-8-4-5-9-21(20)25(26)30/h4-5,10-13,17,20-21H,1-3,6-9,14-16H2/t20-,21-/m0/s1. The number of nitrogens with zero attached hydrogens (tertiary/aromatic N) is 1. The largest absolute Gasteiger partial charge is 0.457 e. The Morgan fingerprint density at radius 3 is 2.13 bits per heavy atom. The Hall–Kier alpha value is -2.76. The van der Waals surface area contributed by atoms with Gasteiger partial charge in [0.05, 0.1) is 18.3 Å². The lowest BCUT2D eigenvalue weighted by Crippen LogP contribution is -2.33. The summed E-state index contributed by atoms with van der Waals surface area (Å²) in [5.74, 6) is -1.28. The van der Waals surface area contributed by atoms with Crippen LogP contribution < -0.4 is 0 Å². The van der Waals surface area contributed by atoms with E-state index in [1.165, 1.54) is 42.6 Å². The predicted molar refractivity (Wildman–Crippen MR) is 114 cm³/mol. The molecule has 0 spiro atoms. The van der Waals surface area contributed by atoms with Gasteiger partial charge in [0, 0.05) is 12.1 Å². The van der Waals surface area contributed by atoms with Crippen molar-refractivity contribution in [3.05, 3.63) is 47.5 Å². The summed E-state index contributed by atoms with van der Waals surface area (Å²) >= 11 is 0. The van der Waals surface area contributed by atoms with Crippen molar-refractivity contribution in [2.45, 2.75) is 57.3 Å². The molecule has 0 unspecified atom stereocenters. The molecule has 1 saturated carbocycles. The van der Waals surface area contributed by atoms with Crippen molar-refractivity contribution in [1.82, 2.24) is 4.90 Å². The van der Waals surface area contributed by atoms with Gasteiger partial charge in [0.1, 0.15) is 0 Å². The third kappa shape index (κ3) is 4.78. The van der Waals surface area contributed by atoms with Crippen LogP contribution in [0.15, 0.2) is 36.4 Å². The van der Waals surface area contributed by atoms with E-state index in [0.717, 1.165) is 0 Å². The first kappa shape index (κ1) is 21.5. The van der Waals surface area contributed by atoms with Crippen LogP contribution in [0.3, 0.4) is 0 Å². The molecule has 4 rings (SSSR count). The van der Waals surface area contributed by atoms with Crippen molar-refractivity contribution in [2.24, 2.45) is 11.8 Å². The molecule has 1 heterocycles. The van der Waals surface area contributed by atoms with Gasteiger partial charge >= 0.3 is 5.97 Å². The zero-order valence-corrected chi connectivity index (χ0v) is 17.8. The molecule has 0 radical (unpaired) electrons. The van der Waals surface area contributed by atoms with Crippen molar-refractivity contribution in [3.63, 3.8) is 0 Å². The zero-order valence-electron chi connectivity index (χ0n) is 17.8. The van der Waals surface area contributed by atoms with Gasteiger partial charge in [0.2, 0.25) is 11.8 Å². The Bertz CT molecular complexity index is 856. The number of allylic oxidation sites excluding steroid dienone is 2. The van der Waals surface area contributed by atoms with Crippen LogP contribution in [0.2, 0.25) is 0 Å². The Morgan fingerprint density at radius 2 is 1.52 bits per heavy atom. The average Bonchev–Trinajstić information content (AvgIpc) is 3.06. The van der Waals surface area contributed by atoms with E-state index in [1.54, 1.807) is 12.1 Å². The molecule has 2 aliphatic carbocycles. The third-order valence-electron chi connectivity index (χ3n) is 6.81. The molecule has 1 aromatic rings. The van der Waals surface area contributed by atoms with Crippen LogP contribution in [0.4, 0.5) is 0 Å². The summed E-state index contributed by atoms with van der Waals surface area (Å²) in [6.45, 7) is -0.327. The molecule has 1 aliphatic heterocycles. The lowest BCUT2D eigenvalue weighted by Gasteiger charge is -2.22. The number of hydrogen-bond acceptors (Lipinski definition) is 5. The molecule has 2 fully saturated rings. The van der Waals surface area contributed by atoms with Crippen LogP contribution >= 0.6 is 0 Å². The molecule has 31 heavy (non-hydrogen) atoms. The van der Waals surface area contributed by atoms with Gasteiger partial charge in [-0.05, 0) is 37.2 Å². The Balaban J connectivity index is 1.23. The summed E-state index contributed by atoms with van der Waals surface area (Å²) in [6.07, 6.45) is 11.1. The summed E-state index contributed by atoms with van der Waals surface area (Å²) in [5.41, 5.74) is 1.79. The van der Waals surface area contributed by atoms with Gasteiger partial charge in [0.25, 0.3) is 0 Å². The second-order valence-corrected chi connectivity index (χ2v) is 8.77. The molecule has 6 nitrogen and oxygen atoms in total. The minimum atomic E-state index is -0.583. The van der Waals surface area contributed by atoms with E-state index in [1.807, 2.05) is 24.3 Å². The molecule has 6 heteroatoms. The summed E-state index contributed by atoms with van der Waals surface area (Å²) in [7, 11) is 0. The number of carbonyl (C=O) groups excluding carboxylic acids is 4. The number of imide groups is 1. The fourth-order valence-corrected chi connectivity index (χ4v) is 4.97. The lowest BCUT2D eigenvalue weighted by atomic mass is 9.84. The highest BCUT2D eigenvalue weighted by Crippen LogP contribution is 2.35. The SMILES string of the molecule is O=C(CCN1C(=O)[C@H]2CC=CC[C@@H]2C1=O)OCC(=O)c1ccc(C2CCCCC2)cc1. The number of likely N-dealkylation sites (tertiary alicyclic amines) is 1. The molecule has 0 bridgehead atoms. The van der Waals surface area contributed by atoms with E-state index in [-0.39, 0.29) is 49.0 Å². The van der Waals surface area contributed by atoms with E-state index < -0.39 is 5.97 Å². The topological polar surface area (TPSA) is 80.8 Å². The number of Topliss-reactive ketones (excluding diaryl/α,β-unsaturated/α-hetero) is 1. The summed E-state index contributed by atoms with van der Waals surface area (Å²) < 4.78 is 5.10. The molecule has 164 valence electrons.